The van der Waals surface area contributed by atoms with Crippen LogP contribution in [-0.2, 0) is 0 Å². The van der Waals surface area contributed by atoms with Crippen LogP contribution in [0, 0.1) is 23.2 Å². The Morgan fingerprint density at radius 3 is 2.58 bits per heavy atom. The van der Waals surface area contributed by atoms with E-state index in [1.54, 1.807) is 12.8 Å². The molecule has 0 aromatic rings. The van der Waals surface area contributed by atoms with E-state index in [4.69, 9.17) is 0 Å². The first-order chi connectivity index (χ1) is 5.69. The van der Waals surface area contributed by atoms with Crippen molar-refractivity contribution < 1.29 is 0 Å². The van der Waals surface area contributed by atoms with E-state index in [-0.39, 0.29) is 0 Å². The van der Waals surface area contributed by atoms with Crippen LogP contribution >= 0.6 is 0 Å². The summed E-state index contributed by atoms with van der Waals surface area (Å²) in [7, 11) is 0. The van der Waals surface area contributed by atoms with E-state index in [1.807, 2.05) is 0 Å². The molecule has 0 spiro atoms. The van der Waals surface area contributed by atoms with Crippen LogP contribution in [0.15, 0.2) is 0 Å². The van der Waals surface area contributed by atoms with Crippen LogP contribution in [0.4, 0.5) is 0 Å². The summed E-state index contributed by atoms with van der Waals surface area (Å²) >= 11 is 0. The normalized spacial score (nSPS) is 46.0. The Morgan fingerprint density at radius 2 is 2.17 bits per heavy atom. The van der Waals surface area contributed by atoms with Crippen LogP contribution in [0.25, 0.3) is 0 Å². The topological polar surface area (TPSA) is 0 Å². The minimum absolute atomic E-state index is 0.777. The van der Waals surface area contributed by atoms with Gasteiger partial charge in [-0.1, -0.05) is 27.2 Å². The number of hydrogen-bond donors (Lipinski definition) is 0. The van der Waals surface area contributed by atoms with Crippen LogP contribution < -0.4 is 0 Å². The standard InChI is InChI=1S/C12H22/c1-4-11-7-10-5-6-12(11,8-10)9(2)3/h9-11H,4-8H2,1-3H3. The van der Waals surface area contributed by atoms with Gasteiger partial charge in [0.05, 0.1) is 0 Å². The Kier molecular flexibility index (Phi) is 1.97. The van der Waals surface area contributed by atoms with E-state index in [0.717, 1.165) is 23.2 Å². The van der Waals surface area contributed by atoms with Crippen LogP contribution in [0.2, 0.25) is 0 Å². The summed E-state index contributed by atoms with van der Waals surface area (Å²) in [5.74, 6) is 3.10. The lowest BCUT2D eigenvalue weighted by atomic mass is 9.67. The lowest BCUT2D eigenvalue weighted by Gasteiger charge is -2.38. The van der Waals surface area contributed by atoms with E-state index in [0.29, 0.717) is 0 Å². The molecular formula is C12H22. The Morgan fingerprint density at radius 1 is 1.42 bits per heavy atom. The Bertz CT molecular complexity index is 171. The molecule has 0 N–H and O–H groups in total. The Balaban J connectivity index is 2.20. The Labute approximate surface area is 76.7 Å². The second kappa shape index (κ2) is 2.75. The van der Waals surface area contributed by atoms with E-state index in [1.165, 1.54) is 19.3 Å². The highest BCUT2D eigenvalue weighted by Crippen LogP contribution is 2.62. The fourth-order valence-corrected chi connectivity index (χ4v) is 3.99. The van der Waals surface area contributed by atoms with E-state index >= 15 is 0 Å². The molecule has 12 heavy (non-hydrogen) atoms. The monoisotopic (exact) mass is 166 g/mol. The third kappa shape index (κ3) is 0.963. The minimum atomic E-state index is 0.777. The molecule has 0 aliphatic heterocycles. The maximum Gasteiger partial charge on any atom is -0.0243 e. The van der Waals surface area contributed by atoms with Crippen molar-refractivity contribution in [2.45, 2.75) is 52.9 Å². The highest BCUT2D eigenvalue weighted by Gasteiger charge is 2.52. The fraction of sp³-hybridized carbons (Fsp3) is 1.00. The lowest BCUT2D eigenvalue weighted by molar-refractivity contribution is 0.112. The summed E-state index contributed by atoms with van der Waals surface area (Å²) in [6.45, 7) is 7.27. The first kappa shape index (κ1) is 8.59. The summed E-state index contributed by atoms with van der Waals surface area (Å²) in [6, 6.07) is 0. The quantitative estimate of drug-likeness (QED) is 0.584. The second-order valence-corrected chi connectivity index (χ2v) is 5.34. The van der Waals surface area contributed by atoms with Gasteiger partial charge in [0.2, 0.25) is 0 Å². The molecule has 0 nitrogen and oxygen atoms in total. The molecule has 70 valence electrons. The molecule has 0 amide bonds. The van der Waals surface area contributed by atoms with Crippen molar-refractivity contribution in [1.29, 1.82) is 0 Å². The summed E-state index contributed by atoms with van der Waals surface area (Å²) < 4.78 is 0. The maximum absolute atomic E-state index is 2.44. The van der Waals surface area contributed by atoms with Crippen LogP contribution in [0.1, 0.15) is 52.9 Å². The van der Waals surface area contributed by atoms with E-state index in [2.05, 4.69) is 20.8 Å². The van der Waals surface area contributed by atoms with E-state index < -0.39 is 0 Å². The predicted octanol–water partition coefficient (Wildman–Crippen LogP) is 3.86. The van der Waals surface area contributed by atoms with Gasteiger partial charge < -0.3 is 0 Å². The first-order valence-electron chi connectivity index (χ1n) is 5.69. The smallest absolute Gasteiger partial charge is 0.0243 e. The zero-order chi connectivity index (χ0) is 8.77. The molecule has 2 aliphatic carbocycles. The molecule has 0 aromatic heterocycles. The van der Waals surface area contributed by atoms with Crippen molar-refractivity contribution in [3.63, 3.8) is 0 Å². The van der Waals surface area contributed by atoms with Gasteiger partial charge in [-0.3, -0.25) is 0 Å². The van der Waals surface area contributed by atoms with Crippen LogP contribution in [0.3, 0.4) is 0 Å². The summed E-state index contributed by atoms with van der Waals surface area (Å²) in [6.07, 6.45) is 7.61. The summed E-state index contributed by atoms with van der Waals surface area (Å²) in [5.41, 5.74) is 0.777. The van der Waals surface area contributed by atoms with Crippen LogP contribution in [0.5, 0.6) is 0 Å². The summed E-state index contributed by atoms with van der Waals surface area (Å²) in [5, 5.41) is 0. The molecule has 0 radical (unpaired) electrons. The average molecular weight is 166 g/mol. The molecule has 2 bridgehead atoms. The fourth-order valence-electron chi connectivity index (χ4n) is 3.99. The molecule has 2 saturated carbocycles. The third-order valence-electron chi connectivity index (χ3n) is 4.76. The number of fused-ring (bicyclic) bond motifs is 2. The van der Waals surface area contributed by atoms with Crippen LogP contribution in [-0.4, -0.2) is 0 Å². The average Bonchev–Trinajstić information content (AvgIpc) is 2.60. The van der Waals surface area contributed by atoms with Crippen molar-refractivity contribution in [2.24, 2.45) is 23.2 Å². The van der Waals surface area contributed by atoms with Gasteiger partial charge in [0.1, 0.15) is 0 Å². The van der Waals surface area contributed by atoms with Gasteiger partial charge in [-0.2, -0.15) is 0 Å². The van der Waals surface area contributed by atoms with Gasteiger partial charge in [-0.05, 0) is 48.9 Å². The molecule has 3 unspecified atom stereocenters. The maximum atomic E-state index is 2.44. The highest BCUT2D eigenvalue weighted by atomic mass is 14.6. The predicted molar refractivity (Wildman–Crippen MR) is 53.0 cm³/mol. The third-order valence-corrected chi connectivity index (χ3v) is 4.76. The molecule has 0 heterocycles. The molecule has 0 saturated heterocycles. The molecule has 2 aliphatic rings. The molecule has 2 rings (SSSR count). The van der Waals surface area contributed by atoms with E-state index in [9.17, 15) is 0 Å². The van der Waals surface area contributed by atoms with Crippen molar-refractivity contribution in [2.75, 3.05) is 0 Å². The molecular weight excluding hydrogens is 144 g/mol. The highest BCUT2D eigenvalue weighted by molar-refractivity contribution is 5.02. The zero-order valence-electron chi connectivity index (χ0n) is 8.77. The molecule has 3 atom stereocenters. The lowest BCUT2D eigenvalue weighted by Crippen LogP contribution is -2.30. The zero-order valence-corrected chi connectivity index (χ0v) is 8.77. The van der Waals surface area contributed by atoms with Gasteiger partial charge in [0.15, 0.2) is 0 Å². The van der Waals surface area contributed by atoms with Crippen molar-refractivity contribution >= 4 is 0 Å². The number of hydrogen-bond acceptors (Lipinski definition) is 0. The van der Waals surface area contributed by atoms with Gasteiger partial charge in [0, 0.05) is 0 Å². The van der Waals surface area contributed by atoms with Crippen molar-refractivity contribution in [1.82, 2.24) is 0 Å². The largest absolute Gasteiger partial charge is 0.0651 e. The van der Waals surface area contributed by atoms with Gasteiger partial charge >= 0.3 is 0 Å². The molecule has 0 aromatic carbocycles. The van der Waals surface area contributed by atoms with Crippen molar-refractivity contribution in [3.8, 4) is 0 Å². The van der Waals surface area contributed by atoms with Gasteiger partial charge in [-0.15, -0.1) is 0 Å². The first-order valence-corrected chi connectivity index (χ1v) is 5.69. The van der Waals surface area contributed by atoms with Crippen molar-refractivity contribution in [3.05, 3.63) is 0 Å². The SMILES string of the molecule is CCC1CC2CCC1(C(C)C)C2. The van der Waals surface area contributed by atoms with Gasteiger partial charge in [0.25, 0.3) is 0 Å². The molecule has 2 fully saturated rings. The number of rotatable bonds is 2. The Hall–Kier alpha value is 0. The minimum Gasteiger partial charge on any atom is -0.0651 e. The summed E-state index contributed by atoms with van der Waals surface area (Å²) in [4.78, 5) is 0. The second-order valence-electron chi connectivity index (χ2n) is 5.34. The molecule has 0 heteroatoms. The van der Waals surface area contributed by atoms with Gasteiger partial charge in [-0.25, -0.2) is 0 Å².